The Labute approximate surface area is 125 Å². The van der Waals surface area contributed by atoms with Gasteiger partial charge in [0.15, 0.2) is 0 Å². The summed E-state index contributed by atoms with van der Waals surface area (Å²) in [5, 5.41) is 3.14. The van der Waals surface area contributed by atoms with E-state index in [1.165, 1.54) is 0 Å². The molecule has 0 saturated carbocycles. The molecule has 0 aromatic carbocycles. The molecule has 2 aromatic rings. The number of rotatable bonds is 5. The van der Waals surface area contributed by atoms with E-state index in [2.05, 4.69) is 15.3 Å². The molecule has 5 nitrogen and oxygen atoms in total. The fourth-order valence-electron chi connectivity index (χ4n) is 2.09. The van der Waals surface area contributed by atoms with E-state index in [1.54, 1.807) is 30.3 Å². The minimum atomic E-state index is -0.0368. The molecule has 5 heteroatoms. The molecule has 0 unspecified atom stereocenters. The Kier molecular flexibility index (Phi) is 4.87. The fraction of sp³-hybridized carbons (Fsp3) is 0.312. The third-order valence-electron chi connectivity index (χ3n) is 3.03. The second kappa shape index (κ2) is 6.83. The molecule has 21 heavy (non-hydrogen) atoms. The number of nitrogens with one attached hydrogen (secondary N) is 1. The van der Waals surface area contributed by atoms with Gasteiger partial charge in [-0.3, -0.25) is 9.78 Å². The van der Waals surface area contributed by atoms with Crippen molar-refractivity contribution in [1.82, 2.24) is 14.9 Å². The van der Waals surface area contributed by atoms with E-state index in [1.807, 2.05) is 32.0 Å². The van der Waals surface area contributed by atoms with E-state index in [0.29, 0.717) is 12.1 Å². The highest BCUT2D eigenvalue weighted by molar-refractivity contribution is 5.94. The van der Waals surface area contributed by atoms with Crippen molar-refractivity contribution in [2.75, 3.05) is 18.9 Å². The minimum Gasteiger partial charge on any atom is -0.370 e. The van der Waals surface area contributed by atoms with E-state index < -0.39 is 0 Å². The molecular weight excluding hydrogens is 264 g/mol. The molecule has 2 rings (SSSR count). The number of aryl methyl sites for hydroxylation is 1. The van der Waals surface area contributed by atoms with Gasteiger partial charge in [-0.1, -0.05) is 6.07 Å². The van der Waals surface area contributed by atoms with Crippen LogP contribution in [0.1, 0.15) is 28.7 Å². The SMILES string of the molecule is CCNc1cc(C(=O)N(C)Cc2ccccn2)cc(C)n1. The van der Waals surface area contributed by atoms with Crippen molar-refractivity contribution in [3.8, 4) is 0 Å². The van der Waals surface area contributed by atoms with Gasteiger partial charge >= 0.3 is 0 Å². The van der Waals surface area contributed by atoms with Gasteiger partial charge in [-0.05, 0) is 38.1 Å². The Morgan fingerprint density at radius 3 is 2.81 bits per heavy atom. The predicted molar refractivity (Wildman–Crippen MR) is 83.2 cm³/mol. The summed E-state index contributed by atoms with van der Waals surface area (Å²) >= 11 is 0. The molecule has 0 bridgehead atoms. The van der Waals surface area contributed by atoms with Crippen LogP contribution in [0, 0.1) is 6.92 Å². The van der Waals surface area contributed by atoms with Crippen LogP contribution in [0.3, 0.4) is 0 Å². The average molecular weight is 284 g/mol. The molecule has 2 aromatic heterocycles. The lowest BCUT2D eigenvalue weighted by Gasteiger charge is -2.17. The van der Waals surface area contributed by atoms with E-state index in [0.717, 1.165) is 23.8 Å². The number of pyridine rings is 2. The van der Waals surface area contributed by atoms with E-state index in [9.17, 15) is 4.79 Å². The fourth-order valence-corrected chi connectivity index (χ4v) is 2.09. The number of anilines is 1. The molecule has 1 N–H and O–H groups in total. The van der Waals surface area contributed by atoms with Crippen molar-refractivity contribution in [2.24, 2.45) is 0 Å². The van der Waals surface area contributed by atoms with Crippen LogP contribution in [0.15, 0.2) is 36.5 Å². The maximum Gasteiger partial charge on any atom is 0.254 e. The van der Waals surface area contributed by atoms with Crippen LogP contribution >= 0.6 is 0 Å². The molecule has 0 saturated heterocycles. The van der Waals surface area contributed by atoms with E-state index in [4.69, 9.17) is 0 Å². The molecule has 0 aliphatic carbocycles. The molecule has 0 radical (unpaired) electrons. The first-order valence-electron chi connectivity index (χ1n) is 6.98. The quantitative estimate of drug-likeness (QED) is 0.916. The van der Waals surface area contributed by atoms with Crippen LogP contribution < -0.4 is 5.32 Å². The van der Waals surface area contributed by atoms with Crippen LogP contribution in [0.25, 0.3) is 0 Å². The van der Waals surface area contributed by atoms with Gasteiger partial charge in [0.25, 0.3) is 5.91 Å². The van der Waals surface area contributed by atoms with Crippen LogP contribution in [0.4, 0.5) is 5.82 Å². The van der Waals surface area contributed by atoms with Crippen molar-refractivity contribution < 1.29 is 4.79 Å². The summed E-state index contributed by atoms with van der Waals surface area (Å²) in [6.45, 7) is 5.14. The van der Waals surface area contributed by atoms with Crippen molar-refractivity contribution in [1.29, 1.82) is 0 Å². The molecule has 0 aliphatic rings. The molecule has 0 spiro atoms. The summed E-state index contributed by atoms with van der Waals surface area (Å²) in [6.07, 6.45) is 1.73. The van der Waals surface area contributed by atoms with Gasteiger partial charge < -0.3 is 10.2 Å². The number of carbonyl (C=O) groups is 1. The molecule has 1 amide bonds. The lowest BCUT2D eigenvalue weighted by atomic mass is 10.2. The summed E-state index contributed by atoms with van der Waals surface area (Å²) < 4.78 is 0. The summed E-state index contributed by atoms with van der Waals surface area (Å²) in [6, 6.07) is 9.28. The number of amides is 1. The lowest BCUT2D eigenvalue weighted by molar-refractivity contribution is 0.0783. The molecule has 0 atom stereocenters. The minimum absolute atomic E-state index is 0.0368. The van der Waals surface area contributed by atoms with E-state index in [-0.39, 0.29) is 5.91 Å². The predicted octanol–water partition coefficient (Wildman–Crippen LogP) is 2.49. The Hall–Kier alpha value is -2.43. The summed E-state index contributed by atoms with van der Waals surface area (Å²) in [7, 11) is 1.78. The van der Waals surface area contributed by atoms with Gasteiger partial charge in [0, 0.05) is 31.0 Å². The van der Waals surface area contributed by atoms with Crippen LogP contribution in [-0.2, 0) is 6.54 Å². The number of hydrogen-bond acceptors (Lipinski definition) is 4. The molecule has 110 valence electrons. The lowest BCUT2D eigenvalue weighted by Crippen LogP contribution is -2.26. The number of aromatic nitrogens is 2. The zero-order valence-electron chi connectivity index (χ0n) is 12.6. The average Bonchev–Trinajstić information content (AvgIpc) is 2.47. The van der Waals surface area contributed by atoms with Gasteiger partial charge in [-0.2, -0.15) is 0 Å². The highest BCUT2D eigenvalue weighted by Crippen LogP contribution is 2.13. The number of hydrogen-bond donors (Lipinski definition) is 1. The monoisotopic (exact) mass is 284 g/mol. The Morgan fingerprint density at radius 2 is 2.14 bits per heavy atom. The van der Waals surface area contributed by atoms with Crippen LogP contribution in [0.2, 0.25) is 0 Å². The van der Waals surface area contributed by atoms with Gasteiger partial charge in [0.05, 0.1) is 12.2 Å². The Balaban J connectivity index is 2.15. The second-order valence-electron chi connectivity index (χ2n) is 4.90. The smallest absolute Gasteiger partial charge is 0.254 e. The summed E-state index contributed by atoms with van der Waals surface area (Å²) in [4.78, 5) is 22.8. The Morgan fingerprint density at radius 1 is 1.33 bits per heavy atom. The first-order chi connectivity index (χ1) is 10.1. The van der Waals surface area contributed by atoms with Crippen molar-refractivity contribution in [3.05, 3.63) is 53.5 Å². The first-order valence-corrected chi connectivity index (χ1v) is 6.98. The highest BCUT2D eigenvalue weighted by Gasteiger charge is 2.14. The van der Waals surface area contributed by atoms with Crippen molar-refractivity contribution in [3.63, 3.8) is 0 Å². The van der Waals surface area contributed by atoms with Gasteiger partial charge in [0.1, 0.15) is 5.82 Å². The standard InChI is InChI=1S/C16H20N4O/c1-4-17-15-10-13(9-12(2)19-15)16(21)20(3)11-14-7-5-6-8-18-14/h5-10H,4,11H2,1-3H3,(H,17,19). The Bertz CT molecular complexity index is 613. The van der Waals surface area contributed by atoms with Gasteiger partial charge in [0.2, 0.25) is 0 Å². The van der Waals surface area contributed by atoms with Crippen LogP contribution in [-0.4, -0.2) is 34.4 Å². The third-order valence-corrected chi connectivity index (χ3v) is 3.03. The largest absolute Gasteiger partial charge is 0.370 e. The van der Waals surface area contributed by atoms with Crippen molar-refractivity contribution in [2.45, 2.75) is 20.4 Å². The van der Waals surface area contributed by atoms with Gasteiger partial charge in [-0.15, -0.1) is 0 Å². The second-order valence-corrected chi connectivity index (χ2v) is 4.90. The zero-order valence-corrected chi connectivity index (χ0v) is 12.6. The molecule has 0 fully saturated rings. The summed E-state index contributed by atoms with van der Waals surface area (Å²) in [5.74, 6) is 0.692. The molecular formula is C16H20N4O. The van der Waals surface area contributed by atoms with Crippen LogP contribution in [0.5, 0.6) is 0 Å². The topological polar surface area (TPSA) is 58.1 Å². The number of carbonyl (C=O) groups excluding carboxylic acids is 1. The summed E-state index contributed by atoms with van der Waals surface area (Å²) in [5.41, 5.74) is 2.32. The zero-order chi connectivity index (χ0) is 15.2. The molecule has 0 aliphatic heterocycles. The highest BCUT2D eigenvalue weighted by atomic mass is 16.2. The van der Waals surface area contributed by atoms with E-state index >= 15 is 0 Å². The number of nitrogens with zero attached hydrogens (tertiary/aromatic N) is 3. The first kappa shape index (κ1) is 15.0. The van der Waals surface area contributed by atoms with Crippen molar-refractivity contribution >= 4 is 11.7 Å². The third kappa shape index (κ3) is 4.02. The maximum absolute atomic E-state index is 12.5. The molecule has 2 heterocycles. The maximum atomic E-state index is 12.5. The normalized spacial score (nSPS) is 10.2. The van der Waals surface area contributed by atoms with Gasteiger partial charge in [-0.25, -0.2) is 4.98 Å².